The first kappa shape index (κ1) is 11.1. The molecule has 0 spiro atoms. The summed E-state index contributed by atoms with van der Waals surface area (Å²) in [6, 6.07) is 0.196. The predicted molar refractivity (Wildman–Crippen MR) is 52.1 cm³/mol. The number of nitrogens with two attached hydrogens (primary N) is 1. The summed E-state index contributed by atoms with van der Waals surface area (Å²) in [6.07, 6.45) is 0. The van der Waals surface area contributed by atoms with Crippen LogP contribution in [0.2, 0.25) is 19.6 Å². The minimum Gasteiger partial charge on any atom is -0.416 e. The Hall–Kier alpha value is 0.137. The van der Waals surface area contributed by atoms with Gasteiger partial charge < -0.3 is 10.2 Å². The molecule has 0 saturated carbocycles. The van der Waals surface area contributed by atoms with Gasteiger partial charge in [-0.3, -0.25) is 0 Å². The van der Waals surface area contributed by atoms with Gasteiger partial charge in [-0.15, -0.1) is 0 Å². The maximum Gasteiger partial charge on any atom is 0.183 e. The van der Waals surface area contributed by atoms with Crippen molar-refractivity contribution in [2.45, 2.75) is 39.5 Å². The number of hydrogen-bond acceptors (Lipinski definition) is 2. The number of rotatable bonds is 4. The lowest BCUT2D eigenvalue weighted by Crippen LogP contribution is -2.37. The molecule has 0 aromatic carbocycles. The van der Waals surface area contributed by atoms with Gasteiger partial charge in [0.25, 0.3) is 0 Å². The van der Waals surface area contributed by atoms with E-state index in [9.17, 15) is 0 Å². The fourth-order valence-electron chi connectivity index (χ4n) is 0.539. The van der Waals surface area contributed by atoms with E-state index in [-0.39, 0.29) is 6.04 Å². The van der Waals surface area contributed by atoms with Gasteiger partial charge in [0, 0.05) is 12.6 Å². The second-order valence-electron chi connectivity index (χ2n) is 4.33. The molecule has 0 aliphatic rings. The number of hydrogen-bond donors (Lipinski definition) is 1. The fourth-order valence-corrected chi connectivity index (χ4v) is 1.23. The average molecular weight is 175 g/mol. The topological polar surface area (TPSA) is 35.2 Å². The first-order valence-electron chi connectivity index (χ1n) is 4.22. The molecule has 0 aromatic heterocycles. The van der Waals surface area contributed by atoms with Crippen LogP contribution in [0.3, 0.4) is 0 Å². The maximum absolute atomic E-state index is 5.82. The molecule has 1 atom stereocenters. The van der Waals surface area contributed by atoms with E-state index in [1.807, 2.05) is 0 Å². The minimum absolute atomic E-state index is 0.196. The summed E-state index contributed by atoms with van der Waals surface area (Å²) < 4.78 is 5.67. The van der Waals surface area contributed by atoms with Crippen molar-refractivity contribution < 1.29 is 4.43 Å². The Balaban J connectivity index is 3.54. The van der Waals surface area contributed by atoms with E-state index >= 15 is 0 Å². The van der Waals surface area contributed by atoms with Gasteiger partial charge in [-0.05, 0) is 25.6 Å². The van der Waals surface area contributed by atoms with Gasteiger partial charge in [0.2, 0.25) is 0 Å². The second-order valence-corrected chi connectivity index (χ2v) is 8.84. The molecule has 0 fully saturated rings. The van der Waals surface area contributed by atoms with Gasteiger partial charge in [-0.2, -0.15) is 0 Å². The highest BCUT2D eigenvalue weighted by atomic mass is 28.4. The van der Waals surface area contributed by atoms with Crippen molar-refractivity contribution in [3.05, 3.63) is 0 Å². The predicted octanol–water partition coefficient (Wildman–Crippen LogP) is 1.82. The van der Waals surface area contributed by atoms with Crippen LogP contribution in [0, 0.1) is 5.92 Å². The lowest BCUT2D eigenvalue weighted by molar-refractivity contribution is 0.254. The van der Waals surface area contributed by atoms with Crippen molar-refractivity contribution in [3.8, 4) is 0 Å². The molecule has 2 nitrogen and oxygen atoms in total. The summed E-state index contributed by atoms with van der Waals surface area (Å²) in [6.45, 7) is 11.5. The van der Waals surface area contributed by atoms with Crippen LogP contribution in [0.15, 0.2) is 0 Å². The third kappa shape index (κ3) is 6.53. The Morgan fingerprint density at radius 3 is 2.00 bits per heavy atom. The van der Waals surface area contributed by atoms with Crippen molar-refractivity contribution in [2.75, 3.05) is 6.61 Å². The highest BCUT2D eigenvalue weighted by Gasteiger charge is 2.16. The van der Waals surface area contributed by atoms with Gasteiger partial charge >= 0.3 is 0 Å². The highest BCUT2D eigenvalue weighted by Crippen LogP contribution is 2.05. The van der Waals surface area contributed by atoms with Gasteiger partial charge in [0.15, 0.2) is 8.32 Å². The van der Waals surface area contributed by atoms with Crippen LogP contribution in [-0.4, -0.2) is 21.0 Å². The van der Waals surface area contributed by atoms with Gasteiger partial charge in [-0.25, -0.2) is 0 Å². The normalized spacial score (nSPS) is 15.5. The lowest BCUT2D eigenvalue weighted by atomic mass is 10.1. The molecule has 0 radical (unpaired) electrons. The monoisotopic (exact) mass is 175 g/mol. The molecule has 0 aromatic rings. The minimum atomic E-state index is -1.35. The molecule has 0 bridgehead atoms. The van der Waals surface area contributed by atoms with Crippen molar-refractivity contribution in [1.29, 1.82) is 0 Å². The Bertz CT molecular complexity index is 109. The molecule has 0 rings (SSSR count). The Morgan fingerprint density at radius 2 is 1.73 bits per heavy atom. The third-order valence-electron chi connectivity index (χ3n) is 1.57. The van der Waals surface area contributed by atoms with E-state index in [2.05, 4.69) is 33.5 Å². The van der Waals surface area contributed by atoms with Crippen LogP contribution in [0.5, 0.6) is 0 Å². The molecule has 1 unspecified atom stereocenters. The zero-order valence-electron chi connectivity index (χ0n) is 8.35. The van der Waals surface area contributed by atoms with Crippen LogP contribution in [0.4, 0.5) is 0 Å². The van der Waals surface area contributed by atoms with Crippen LogP contribution >= 0.6 is 0 Å². The molecule has 3 heteroatoms. The Kier molecular flexibility index (Phi) is 4.29. The smallest absolute Gasteiger partial charge is 0.183 e. The van der Waals surface area contributed by atoms with E-state index in [4.69, 9.17) is 10.2 Å². The summed E-state index contributed by atoms with van der Waals surface area (Å²) >= 11 is 0. The van der Waals surface area contributed by atoms with E-state index < -0.39 is 8.32 Å². The van der Waals surface area contributed by atoms with Crippen molar-refractivity contribution >= 4 is 8.32 Å². The molecule has 0 heterocycles. The van der Waals surface area contributed by atoms with Crippen LogP contribution in [-0.2, 0) is 4.43 Å². The lowest BCUT2D eigenvalue weighted by Gasteiger charge is -2.22. The largest absolute Gasteiger partial charge is 0.416 e. The summed E-state index contributed by atoms with van der Waals surface area (Å²) in [7, 11) is -1.35. The molecule has 0 aliphatic carbocycles. The standard InChI is InChI=1S/C8H21NOSi/c1-7(2)8(9)6-10-11(3,4)5/h7-8H,6,9H2,1-5H3. The molecule has 0 saturated heterocycles. The molecule has 11 heavy (non-hydrogen) atoms. The summed E-state index contributed by atoms with van der Waals surface area (Å²) in [5.41, 5.74) is 5.82. The van der Waals surface area contributed by atoms with E-state index in [0.29, 0.717) is 12.5 Å². The summed E-state index contributed by atoms with van der Waals surface area (Å²) in [5.74, 6) is 0.520. The third-order valence-corrected chi connectivity index (χ3v) is 2.60. The summed E-state index contributed by atoms with van der Waals surface area (Å²) in [5, 5.41) is 0. The maximum atomic E-state index is 5.82. The molecular weight excluding hydrogens is 154 g/mol. The van der Waals surface area contributed by atoms with Gasteiger partial charge in [0.05, 0.1) is 0 Å². The molecular formula is C8H21NOSi. The molecule has 0 aliphatic heterocycles. The average Bonchev–Trinajstić information content (AvgIpc) is 1.80. The summed E-state index contributed by atoms with van der Waals surface area (Å²) in [4.78, 5) is 0. The second kappa shape index (κ2) is 4.23. The molecule has 68 valence electrons. The SMILES string of the molecule is CC(C)C(N)CO[Si](C)(C)C. The molecule has 2 N–H and O–H groups in total. The van der Waals surface area contributed by atoms with Crippen LogP contribution < -0.4 is 5.73 Å². The van der Waals surface area contributed by atoms with Crippen LogP contribution in [0.1, 0.15) is 13.8 Å². The first-order chi connectivity index (χ1) is 4.83. The van der Waals surface area contributed by atoms with E-state index in [0.717, 1.165) is 0 Å². The Morgan fingerprint density at radius 1 is 1.27 bits per heavy atom. The Labute approximate surface area is 71.3 Å². The van der Waals surface area contributed by atoms with Crippen molar-refractivity contribution in [1.82, 2.24) is 0 Å². The quantitative estimate of drug-likeness (QED) is 0.662. The van der Waals surface area contributed by atoms with E-state index in [1.165, 1.54) is 0 Å². The van der Waals surface area contributed by atoms with Gasteiger partial charge in [0.1, 0.15) is 0 Å². The molecule has 0 amide bonds. The zero-order chi connectivity index (χ0) is 9.07. The fraction of sp³-hybridized carbons (Fsp3) is 1.00. The first-order valence-corrected chi connectivity index (χ1v) is 7.63. The van der Waals surface area contributed by atoms with Crippen LogP contribution in [0.25, 0.3) is 0 Å². The zero-order valence-corrected chi connectivity index (χ0v) is 9.35. The van der Waals surface area contributed by atoms with Gasteiger partial charge in [-0.1, -0.05) is 13.8 Å². The van der Waals surface area contributed by atoms with E-state index in [1.54, 1.807) is 0 Å². The highest BCUT2D eigenvalue weighted by molar-refractivity contribution is 6.69. The van der Waals surface area contributed by atoms with Crippen molar-refractivity contribution in [2.24, 2.45) is 11.7 Å². The van der Waals surface area contributed by atoms with Crippen molar-refractivity contribution in [3.63, 3.8) is 0 Å².